The van der Waals surface area contributed by atoms with Gasteiger partial charge in [0.05, 0.1) is 18.2 Å². The molecule has 40 heavy (non-hydrogen) atoms. The Hall–Kier alpha value is -3.23. The second-order valence-corrected chi connectivity index (χ2v) is 11.3. The molecule has 1 unspecified atom stereocenters. The highest BCUT2D eigenvalue weighted by Crippen LogP contribution is 2.35. The SMILES string of the molecule is CC[C@H](NC)C(=O)N[C@H](C(=O)N1CCC(O)[C@@H]1Cc1c(-c2ccc(F)cc2)[nH]c2ccccc12)C1CCCCC1. The maximum Gasteiger partial charge on any atom is 0.245 e. The molecule has 0 spiro atoms. The van der Waals surface area contributed by atoms with Crippen molar-refractivity contribution in [2.45, 2.75) is 82.5 Å². The summed E-state index contributed by atoms with van der Waals surface area (Å²) in [6.45, 7) is 2.40. The number of amides is 2. The molecule has 7 nitrogen and oxygen atoms in total. The van der Waals surface area contributed by atoms with Crippen LogP contribution in [0.3, 0.4) is 0 Å². The number of carbonyl (C=O) groups is 2. The van der Waals surface area contributed by atoms with Gasteiger partial charge in [-0.1, -0.05) is 44.4 Å². The summed E-state index contributed by atoms with van der Waals surface area (Å²) in [5.41, 5.74) is 3.66. The lowest BCUT2D eigenvalue weighted by molar-refractivity contribution is -0.140. The van der Waals surface area contributed by atoms with Gasteiger partial charge in [-0.2, -0.15) is 0 Å². The Labute approximate surface area is 235 Å². The largest absolute Gasteiger partial charge is 0.391 e. The molecular weight excluding hydrogens is 507 g/mol. The molecule has 1 aliphatic heterocycles. The molecule has 2 amide bonds. The standard InChI is InChI=1S/C32H41FN4O3/c1-3-25(34-2)31(39)36-30(20-9-5-4-6-10-20)32(40)37-18-17-28(38)27(37)19-24-23-11-7-8-12-26(23)35-29(24)21-13-15-22(33)16-14-21/h7-8,11-16,20,25,27-28,30,34-35,38H,3-6,9-10,17-19H2,1-2H3,(H,36,39)/t25-,27-,28?,30-/m0/s1. The molecule has 1 saturated heterocycles. The Morgan fingerprint density at radius 3 is 2.50 bits per heavy atom. The molecule has 4 atom stereocenters. The lowest BCUT2D eigenvalue weighted by Crippen LogP contribution is -2.57. The normalized spacial score (nSPS) is 21.4. The van der Waals surface area contributed by atoms with E-state index in [1.807, 2.05) is 31.2 Å². The number of rotatable bonds is 9. The van der Waals surface area contributed by atoms with Crippen LogP contribution in [0.2, 0.25) is 0 Å². The summed E-state index contributed by atoms with van der Waals surface area (Å²) in [6.07, 6.45) is 5.96. The molecule has 214 valence electrons. The number of para-hydroxylation sites is 1. The number of aromatic amines is 1. The van der Waals surface area contributed by atoms with E-state index in [4.69, 9.17) is 0 Å². The van der Waals surface area contributed by atoms with Crippen LogP contribution in [0.1, 0.15) is 57.4 Å². The molecule has 2 heterocycles. The first-order valence-electron chi connectivity index (χ1n) is 14.7. The number of nitrogens with one attached hydrogen (secondary N) is 3. The van der Waals surface area contributed by atoms with E-state index in [1.165, 1.54) is 12.1 Å². The van der Waals surface area contributed by atoms with E-state index < -0.39 is 18.2 Å². The van der Waals surface area contributed by atoms with Crippen molar-refractivity contribution in [3.05, 3.63) is 59.9 Å². The Bertz CT molecular complexity index is 1310. The van der Waals surface area contributed by atoms with Gasteiger partial charge < -0.3 is 25.6 Å². The van der Waals surface area contributed by atoms with Crippen LogP contribution in [-0.2, 0) is 16.0 Å². The molecule has 2 aromatic carbocycles. The van der Waals surface area contributed by atoms with Crippen LogP contribution in [0.15, 0.2) is 48.5 Å². The Morgan fingerprint density at radius 1 is 1.07 bits per heavy atom. The molecule has 4 N–H and O–H groups in total. The third-order valence-electron chi connectivity index (χ3n) is 8.91. The summed E-state index contributed by atoms with van der Waals surface area (Å²) in [7, 11) is 1.76. The quantitative estimate of drug-likeness (QED) is 0.316. The van der Waals surface area contributed by atoms with Crippen molar-refractivity contribution in [1.82, 2.24) is 20.5 Å². The number of likely N-dealkylation sites (N-methyl/N-ethyl adjacent to an activating group) is 1. The van der Waals surface area contributed by atoms with Crippen molar-refractivity contribution in [2.75, 3.05) is 13.6 Å². The average Bonchev–Trinajstić information content (AvgIpc) is 3.53. The Balaban J connectivity index is 1.46. The van der Waals surface area contributed by atoms with Gasteiger partial charge in [-0.05, 0) is 86.5 Å². The molecule has 3 aromatic rings. The number of hydrogen-bond donors (Lipinski definition) is 4. The van der Waals surface area contributed by atoms with Gasteiger partial charge in [0, 0.05) is 23.1 Å². The van der Waals surface area contributed by atoms with Crippen LogP contribution < -0.4 is 10.6 Å². The number of hydrogen-bond acceptors (Lipinski definition) is 4. The van der Waals surface area contributed by atoms with Gasteiger partial charge in [-0.3, -0.25) is 9.59 Å². The number of carbonyl (C=O) groups excluding carboxylic acids is 2. The minimum atomic E-state index is -0.679. The van der Waals surface area contributed by atoms with Crippen molar-refractivity contribution in [3.63, 3.8) is 0 Å². The van der Waals surface area contributed by atoms with Gasteiger partial charge in [0.25, 0.3) is 0 Å². The smallest absolute Gasteiger partial charge is 0.245 e. The summed E-state index contributed by atoms with van der Waals surface area (Å²) in [5.74, 6) is -0.471. The third kappa shape index (κ3) is 5.79. The van der Waals surface area contributed by atoms with Gasteiger partial charge in [0.1, 0.15) is 11.9 Å². The van der Waals surface area contributed by atoms with Crippen molar-refractivity contribution in [2.24, 2.45) is 5.92 Å². The van der Waals surface area contributed by atoms with Crippen molar-refractivity contribution in [1.29, 1.82) is 0 Å². The van der Waals surface area contributed by atoms with Crippen LogP contribution in [0.25, 0.3) is 22.2 Å². The predicted octanol–water partition coefficient (Wildman–Crippen LogP) is 4.54. The molecule has 1 saturated carbocycles. The lowest BCUT2D eigenvalue weighted by Gasteiger charge is -2.36. The van der Waals surface area contributed by atoms with Crippen LogP contribution in [-0.4, -0.2) is 64.6 Å². The van der Waals surface area contributed by atoms with E-state index in [9.17, 15) is 19.1 Å². The second kappa shape index (κ2) is 12.5. The van der Waals surface area contributed by atoms with E-state index in [0.29, 0.717) is 25.8 Å². The zero-order valence-electron chi connectivity index (χ0n) is 23.5. The van der Waals surface area contributed by atoms with E-state index in [0.717, 1.165) is 59.8 Å². The molecule has 0 radical (unpaired) electrons. The van der Waals surface area contributed by atoms with E-state index >= 15 is 0 Å². The maximum absolute atomic E-state index is 14.3. The number of likely N-dealkylation sites (tertiary alicyclic amines) is 1. The van der Waals surface area contributed by atoms with Gasteiger partial charge in [0.2, 0.25) is 11.8 Å². The van der Waals surface area contributed by atoms with Crippen molar-refractivity contribution >= 4 is 22.7 Å². The molecule has 1 aromatic heterocycles. The number of fused-ring (bicyclic) bond motifs is 1. The first kappa shape index (κ1) is 28.3. The van der Waals surface area contributed by atoms with E-state index in [1.54, 1.807) is 24.1 Å². The highest BCUT2D eigenvalue weighted by atomic mass is 19.1. The zero-order valence-corrected chi connectivity index (χ0v) is 23.5. The number of benzene rings is 2. The highest BCUT2D eigenvalue weighted by Gasteiger charge is 2.42. The number of aliphatic hydroxyl groups excluding tert-OH is 1. The first-order chi connectivity index (χ1) is 19.4. The minimum Gasteiger partial charge on any atom is -0.391 e. The fraction of sp³-hybridized carbons (Fsp3) is 0.500. The fourth-order valence-corrected chi connectivity index (χ4v) is 6.64. The van der Waals surface area contributed by atoms with E-state index in [2.05, 4.69) is 15.6 Å². The molecule has 5 rings (SSSR count). The molecule has 1 aliphatic carbocycles. The number of aromatic nitrogens is 1. The van der Waals surface area contributed by atoms with Gasteiger partial charge in [-0.25, -0.2) is 4.39 Å². The maximum atomic E-state index is 14.3. The number of nitrogens with zero attached hydrogens (tertiary/aromatic N) is 1. The average molecular weight is 549 g/mol. The van der Waals surface area contributed by atoms with E-state index in [-0.39, 0.29) is 29.6 Å². The summed E-state index contributed by atoms with van der Waals surface area (Å²) in [6, 6.07) is 13.0. The topological polar surface area (TPSA) is 97.5 Å². The van der Waals surface area contributed by atoms with Gasteiger partial charge >= 0.3 is 0 Å². The van der Waals surface area contributed by atoms with Crippen molar-refractivity contribution in [3.8, 4) is 11.3 Å². The van der Waals surface area contributed by atoms with Gasteiger partial charge in [-0.15, -0.1) is 0 Å². The number of halogens is 1. The Morgan fingerprint density at radius 2 is 1.80 bits per heavy atom. The number of H-pyrrole nitrogens is 1. The molecule has 8 heteroatoms. The second-order valence-electron chi connectivity index (χ2n) is 11.3. The summed E-state index contributed by atoms with van der Waals surface area (Å²) in [4.78, 5) is 32.7. The summed E-state index contributed by atoms with van der Waals surface area (Å²) in [5, 5.41) is 18.4. The predicted molar refractivity (Wildman–Crippen MR) is 155 cm³/mol. The van der Waals surface area contributed by atoms with Gasteiger partial charge in [0.15, 0.2) is 0 Å². The third-order valence-corrected chi connectivity index (χ3v) is 8.91. The minimum absolute atomic E-state index is 0.0841. The lowest BCUT2D eigenvalue weighted by atomic mass is 9.83. The molecule has 2 aliphatic rings. The van der Waals surface area contributed by atoms with Crippen LogP contribution in [0.5, 0.6) is 0 Å². The molecule has 0 bridgehead atoms. The Kier molecular flexibility index (Phi) is 8.86. The monoisotopic (exact) mass is 548 g/mol. The van der Waals surface area contributed by atoms with Crippen LogP contribution in [0.4, 0.5) is 4.39 Å². The summed E-state index contributed by atoms with van der Waals surface area (Å²) < 4.78 is 13.7. The highest BCUT2D eigenvalue weighted by molar-refractivity contribution is 5.92. The first-order valence-corrected chi connectivity index (χ1v) is 14.7. The summed E-state index contributed by atoms with van der Waals surface area (Å²) >= 11 is 0. The van der Waals surface area contributed by atoms with Crippen LogP contribution >= 0.6 is 0 Å². The zero-order chi connectivity index (χ0) is 28.2. The fourth-order valence-electron chi connectivity index (χ4n) is 6.64. The molecular formula is C32H41FN4O3. The van der Waals surface area contributed by atoms with Crippen LogP contribution in [0, 0.1) is 11.7 Å². The van der Waals surface area contributed by atoms with Crippen molar-refractivity contribution < 1.29 is 19.1 Å². The molecule has 2 fully saturated rings. The number of aliphatic hydroxyl groups is 1.